The Hall–Kier alpha value is -3.91. The highest BCUT2D eigenvalue weighted by Gasteiger charge is 2.08. The second-order valence-corrected chi connectivity index (χ2v) is 12.5. The van der Waals surface area contributed by atoms with Crippen LogP contribution in [0.5, 0.6) is 0 Å². The number of halogens is 4. The highest BCUT2D eigenvalue weighted by molar-refractivity contribution is 5.35. The maximum Gasteiger partial charge on any atom is 0.140 e. The van der Waals surface area contributed by atoms with E-state index in [2.05, 4.69) is 58.9 Å². The zero-order valence-corrected chi connectivity index (χ0v) is 28.7. The number of nitrogens with zero attached hydrogens (tertiary/aromatic N) is 1. The average Bonchev–Trinajstić information content (AvgIpc) is 2.98. The molecule has 0 unspecified atom stereocenters. The first kappa shape index (κ1) is 42.1. The largest absolute Gasteiger partial charge is 0.207 e. The van der Waals surface area contributed by atoms with Crippen LogP contribution < -0.4 is 0 Å². The smallest absolute Gasteiger partial charge is 0.140 e. The van der Waals surface area contributed by atoms with Crippen LogP contribution in [-0.4, -0.2) is 0 Å². The van der Waals surface area contributed by atoms with Crippen molar-refractivity contribution in [3.05, 3.63) is 141 Å². The highest BCUT2D eigenvalue weighted by atomic mass is 19.1. The molecule has 46 heavy (non-hydrogen) atoms. The Labute approximate surface area is 276 Å². The van der Waals surface area contributed by atoms with E-state index in [1.807, 2.05) is 45.9 Å². The summed E-state index contributed by atoms with van der Waals surface area (Å²) >= 11 is 0. The molecule has 0 aliphatic heterocycles. The first-order valence-corrected chi connectivity index (χ1v) is 15.5. The monoisotopic (exact) mass is 635 g/mol. The first-order chi connectivity index (χ1) is 21.0. The number of aryl methyl sites for hydroxylation is 2. The molecule has 0 radical (unpaired) electrons. The summed E-state index contributed by atoms with van der Waals surface area (Å²) in [4.78, 5) is 0. The Morgan fingerprint density at radius 1 is 0.478 bits per heavy atom. The number of rotatable bonds is 4. The van der Waals surface area contributed by atoms with Gasteiger partial charge in [-0.25, -0.2) is 17.6 Å². The van der Waals surface area contributed by atoms with E-state index in [4.69, 9.17) is 5.26 Å². The van der Waals surface area contributed by atoms with Gasteiger partial charge in [0, 0.05) is 5.56 Å². The molecule has 1 nitrogen and oxygen atoms in total. The number of hydrogen-bond donors (Lipinski definition) is 0. The van der Waals surface area contributed by atoms with Crippen LogP contribution in [0.1, 0.15) is 131 Å². The molecule has 0 fully saturated rings. The van der Waals surface area contributed by atoms with Crippen molar-refractivity contribution in [2.45, 2.75) is 107 Å². The lowest BCUT2D eigenvalue weighted by Crippen LogP contribution is -1.94. The third kappa shape index (κ3) is 14.0. The van der Waals surface area contributed by atoms with Gasteiger partial charge in [-0.2, -0.15) is 5.26 Å². The van der Waals surface area contributed by atoms with Crippen molar-refractivity contribution >= 4 is 0 Å². The highest BCUT2D eigenvalue weighted by Crippen LogP contribution is 2.21. The van der Waals surface area contributed by atoms with Crippen LogP contribution in [0.25, 0.3) is 0 Å². The number of benzene rings is 4. The predicted octanol–water partition coefficient (Wildman–Crippen LogP) is 13.2. The van der Waals surface area contributed by atoms with E-state index in [-0.39, 0.29) is 30.3 Å². The van der Waals surface area contributed by atoms with Gasteiger partial charge in [0.1, 0.15) is 29.3 Å². The van der Waals surface area contributed by atoms with Gasteiger partial charge in [-0.3, -0.25) is 0 Å². The predicted molar refractivity (Wildman–Crippen MR) is 188 cm³/mol. The minimum atomic E-state index is -0.460. The maximum atomic E-state index is 13.0. The van der Waals surface area contributed by atoms with Gasteiger partial charge < -0.3 is 0 Å². The molecule has 0 atom stereocenters. The summed E-state index contributed by atoms with van der Waals surface area (Å²) in [6.07, 6.45) is 0. The minimum Gasteiger partial charge on any atom is -0.207 e. The molecule has 5 heteroatoms. The maximum absolute atomic E-state index is 13.0. The Morgan fingerprint density at radius 3 is 1.28 bits per heavy atom. The van der Waals surface area contributed by atoms with E-state index in [0.717, 1.165) is 16.7 Å². The molecule has 4 rings (SSSR count). The summed E-state index contributed by atoms with van der Waals surface area (Å²) in [5, 5.41) is 8.53. The zero-order valence-electron chi connectivity index (χ0n) is 28.7. The molecule has 0 aliphatic rings. The summed E-state index contributed by atoms with van der Waals surface area (Å²) < 4.78 is 51.7. The molecule has 0 aromatic heterocycles. The van der Waals surface area contributed by atoms with E-state index in [9.17, 15) is 17.6 Å². The normalized spacial score (nSPS) is 10.2. The Balaban J connectivity index is 0.000000584. The molecule has 4 aromatic carbocycles. The van der Waals surface area contributed by atoms with Crippen LogP contribution in [0, 0.1) is 55.4 Å². The molecule has 0 N–H and O–H groups in total. The lowest BCUT2D eigenvalue weighted by Gasteiger charge is -2.07. The molecular formula is C41H53F4N. The second kappa shape index (κ2) is 20.3. The third-order valence-corrected chi connectivity index (χ3v) is 7.35. The van der Waals surface area contributed by atoms with Gasteiger partial charge in [0.2, 0.25) is 0 Å². The van der Waals surface area contributed by atoms with E-state index in [0.29, 0.717) is 23.3 Å². The quantitative estimate of drug-likeness (QED) is 0.205. The molecule has 0 aliphatic carbocycles. The van der Waals surface area contributed by atoms with Gasteiger partial charge in [0.25, 0.3) is 0 Å². The van der Waals surface area contributed by atoms with Crippen molar-refractivity contribution < 1.29 is 17.6 Å². The number of nitriles is 1. The van der Waals surface area contributed by atoms with Crippen LogP contribution in [0.15, 0.2) is 72.8 Å². The molecule has 4 aromatic rings. The van der Waals surface area contributed by atoms with Gasteiger partial charge in [0.05, 0.1) is 5.56 Å². The van der Waals surface area contributed by atoms with Gasteiger partial charge >= 0.3 is 0 Å². The molecule has 0 amide bonds. The van der Waals surface area contributed by atoms with Gasteiger partial charge in [0.15, 0.2) is 0 Å². The summed E-state index contributed by atoms with van der Waals surface area (Å²) in [5.41, 5.74) is 6.46. The van der Waals surface area contributed by atoms with Crippen LogP contribution in [0.3, 0.4) is 0 Å². The summed E-state index contributed by atoms with van der Waals surface area (Å²) in [5.74, 6) is 0.0912. The fourth-order valence-corrected chi connectivity index (χ4v) is 3.91. The average molecular weight is 636 g/mol. The Bertz CT molecular complexity index is 1500. The van der Waals surface area contributed by atoms with Crippen LogP contribution in [0.2, 0.25) is 0 Å². The summed E-state index contributed by atoms with van der Waals surface area (Å²) in [6.45, 7) is 21.7. The lowest BCUT2D eigenvalue weighted by molar-refractivity contribution is 0.562. The SMILES string of the molecule is C.CC(C)c1ccc(F)c(C#N)c1.Cc1c(F)cc(C(C)C)cc1F.Cc1ccc(C(C)C)cc1.Cc1ccc(C(C)C)cc1F. The minimum absolute atomic E-state index is 0. The van der Waals surface area contributed by atoms with Crippen LogP contribution in [0.4, 0.5) is 17.6 Å². The van der Waals surface area contributed by atoms with Crippen molar-refractivity contribution in [1.29, 1.82) is 5.26 Å². The zero-order chi connectivity index (χ0) is 34.4. The molecule has 0 spiro atoms. The van der Waals surface area contributed by atoms with E-state index in [1.165, 1.54) is 36.2 Å². The molecule has 0 bridgehead atoms. The van der Waals surface area contributed by atoms with E-state index >= 15 is 0 Å². The van der Waals surface area contributed by atoms with Gasteiger partial charge in [-0.1, -0.05) is 111 Å². The van der Waals surface area contributed by atoms with Crippen molar-refractivity contribution in [3.8, 4) is 6.07 Å². The van der Waals surface area contributed by atoms with Crippen LogP contribution >= 0.6 is 0 Å². The Morgan fingerprint density at radius 2 is 0.870 bits per heavy atom. The Kier molecular flexibility index (Phi) is 18.5. The van der Waals surface area contributed by atoms with Crippen LogP contribution in [-0.2, 0) is 0 Å². The number of hydrogen-bond acceptors (Lipinski definition) is 1. The fraction of sp³-hybridized carbons (Fsp3) is 0.390. The fourth-order valence-electron chi connectivity index (χ4n) is 3.91. The topological polar surface area (TPSA) is 23.8 Å². The molecule has 0 saturated carbocycles. The van der Waals surface area contributed by atoms with Crippen molar-refractivity contribution in [2.24, 2.45) is 0 Å². The first-order valence-electron chi connectivity index (χ1n) is 15.5. The third-order valence-electron chi connectivity index (χ3n) is 7.35. The second-order valence-electron chi connectivity index (χ2n) is 12.5. The van der Waals surface area contributed by atoms with Gasteiger partial charge in [-0.15, -0.1) is 0 Å². The standard InChI is InChI=1S/C10H12F2.C10H10FN.C10H13F.C10H14.CH4/c1-6(2)8-4-9(11)7(3)10(12)5-8;1-7(2)8-3-4-10(11)9(5-8)6-12;1-7(2)9-5-4-8(3)10(11)6-9;1-8(2)10-6-4-9(3)5-7-10;/h4-6H,1-3H3;3-5,7H,1-2H3;4-7H,1-3H3;4-8H,1-3H3;1H4. The van der Waals surface area contributed by atoms with E-state index < -0.39 is 17.5 Å². The summed E-state index contributed by atoms with van der Waals surface area (Å²) in [6, 6.07) is 23.4. The molecule has 250 valence electrons. The molecular weight excluding hydrogens is 582 g/mol. The van der Waals surface area contributed by atoms with Crippen molar-refractivity contribution in [2.75, 3.05) is 0 Å². The lowest BCUT2D eigenvalue weighted by atomic mass is 10.0. The van der Waals surface area contributed by atoms with Gasteiger partial charge in [-0.05, 0) is 103 Å². The van der Waals surface area contributed by atoms with Crippen molar-refractivity contribution in [3.63, 3.8) is 0 Å². The molecule has 0 heterocycles. The molecule has 0 saturated heterocycles. The van der Waals surface area contributed by atoms with Crippen molar-refractivity contribution in [1.82, 2.24) is 0 Å². The summed E-state index contributed by atoms with van der Waals surface area (Å²) in [7, 11) is 0. The van der Waals surface area contributed by atoms with E-state index in [1.54, 1.807) is 25.1 Å².